The van der Waals surface area contributed by atoms with Gasteiger partial charge in [0.2, 0.25) is 5.91 Å². The summed E-state index contributed by atoms with van der Waals surface area (Å²) in [6.45, 7) is 5.05. The molecule has 0 aromatic heterocycles. The molecule has 0 saturated carbocycles. The first kappa shape index (κ1) is 15.0. The minimum atomic E-state index is -1.02. The minimum absolute atomic E-state index is 0.192. The fourth-order valence-electron chi connectivity index (χ4n) is 2.73. The topological polar surface area (TPSA) is 57.6 Å². The summed E-state index contributed by atoms with van der Waals surface area (Å²) in [7, 11) is 0. The fourth-order valence-corrected chi connectivity index (χ4v) is 2.73. The van der Waals surface area contributed by atoms with Crippen LogP contribution in [0.15, 0.2) is 42.5 Å². The summed E-state index contributed by atoms with van der Waals surface area (Å²) in [6.07, 6.45) is 0. The van der Waals surface area contributed by atoms with E-state index in [2.05, 4.69) is 0 Å². The first-order valence-corrected chi connectivity index (χ1v) is 6.93. The van der Waals surface area contributed by atoms with Gasteiger partial charge >= 0.3 is 5.97 Å². The van der Waals surface area contributed by atoms with E-state index in [-0.39, 0.29) is 11.9 Å². The van der Waals surface area contributed by atoms with Gasteiger partial charge in [-0.2, -0.15) is 0 Å². The van der Waals surface area contributed by atoms with E-state index in [0.29, 0.717) is 5.56 Å². The molecular weight excluding hydrogens is 266 g/mol. The summed E-state index contributed by atoms with van der Waals surface area (Å²) < 4.78 is 0. The lowest BCUT2D eigenvalue weighted by Crippen LogP contribution is -2.42. The van der Waals surface area contributed by atoms with E-state index in [4.69, 9.17) is 0 Å². The van der Waals surface area contributed by atoms with E-state index in [9.17, 15) is 14.7 Å². The maximum atomic E-state index is 11.9. The largest absolute Gasteiger partial charge is 0.479 e. The second-order valence-corrected chi connectivity index (χ2v) is 5.33. The van der Waals surface area contributed by atoms with Crippen molar-refractivity contribution < 1.29 is 14.7 Å². The Balaban J connectivity index is 2.66. The van der Waals surface area contributed by atoms with Gasteiger partial charge in [-0.05, 0) is 30.2 Å². The van der Waals surface area contributed by atoms with Crippen molar-refractivity contribution >= 4 is 22.6 Å². The van der Waals surface area contributed by atoms with Crippen LogP contribution in [0.4, 0.5) is 0 Å². The molecule has 0 heterocycles. The molecule has 2 aromatic carbocycles. The Kier molecular flexibility index (Phi) is 4.26. The van der Waals surface area contributed by atoms with E-state index < -0.39 is 12.0 Å². The molecule has 0 radical (unpaired) electrons. The smallest absolute Gasteiger partial charge is 0.331 e. The molecule has 4 heteroatoms. The van der Waals surface area contributed by atoms with Crippen molar-refractivity contribution in [1.29, 1.82) is 0 Å². The van der Waals surface area contributed by atoms with Crippen molar-refractivity contribution in [2.45, 2.75) is 32.9 Å². The zero-order valence-electron chi connectivity index (χ0n) is 12.4. The number of carboxylic acids is 1. The van der Waals surface area contributed by atoms with Crippen LogP contribution in [-0.2, 0) is 9.59 Å². The molecule has 0 aliphatic rings. The minimum Gasteiger partial charge on any atom is -0.479 e. The fraction of sp³-hybridized carbons (Fsp3) is 0.294. The van der Waals surface area contributed by atoms with Gasteiger partial charge < -0.3 is 10.0 Å². The SMILES string of the molecule is CC(=O)N(C(C)C)C(C(=O)O)c1cccc2ccccc12. The van der Waals surface area contributed by atoms with Crippen LogP contribution < -0.4 is 0 Å². The van der Waals surface area contributed by atoms with Crippen LogP contribution in [0.5, 0.6) is 0 Å². The molecule has 110 valence electrons. The first-order chi connectivity index (χ1) is 9.93. The maximum absolute atomic E-state index is 11.9. The third-order valence-corrected chi connectivity index (χ3v) is 3.55. The van der Waals surface area contributed by atoms with Crippen molar-refractivity contribution in [2.75, 3.05) is 0 Å². The van der Waals surface area contributed by atoms with Crippen molar-refractivity contribution in [3.05, 3.63) is 48.0 Å². The Morgan fingerprint density at radius 3 is 2.24 bits per heavy atom. The number of benzene rings is 2. The summed E-state index contributed by atoms with van der Waals surface area (Å²) in [5.74, 6) is -1.26. The van der Waals surface area contributed by atoms with Crippen LogP contribution in [0.25, 0.3) is 10.8 Å². The Bertz CT molecular complexity index is 673. The molecule has 0 saturated heterocycles. The molecule has 0 spiro atoms. The van der Waals surface area contributed by atoms with Gasteiger partial charge in [0.1, 0.15) is 0 Å². The number of carbonyl (C=O) groups excluding carboxylic acids is 1. The standard InChI is InChI=1S/C17H19NO3/c1-11(2)18(12(3)19)16(17(20)21)15-10-6-8-13-7-4-5-9-14(13)15/h4-11,16H,1-3H3,(H,20,21). The zero-order valence-corrected chi connectivity index (χ0v) is 12.4. The summed E-state index contributed by atoms with van der Waals surface area (Å²) in [5, 5.41) is 11.5. The number of rotatable bonds is 4. The predicted molar refractivity (Wildman–Crippen MR) is 82.0 cm³/mol. The molecule has 2 aromatic rings. The van der Waals surface area contributed by atoms with Crippen LogP contribution in [0.3, 0.4) is 0 Å². The van der Waals surface area contributed by atoms with E-state index >= 15 is 0 Å². The molecule has 1 N–H and O–H groups in total. The van der Waals surface area contributed by atoms with Gasteiger partial charge in [-0.25, -0.2) is 4.79 Å². The Hall–Kier alpha value is -2.36. The number of aliphatic carboxylic acids is 1. The summed E-state index contributed by atoms with van der Waals surface area (Å²) in [4.78, 5) is 25.1. The van der Waals surface area contributed by atoms with Gasteiger partial charge in [0.05, 0.1) is 0 Å². The number of carboxylic acid groups (broad SMARTS) is 1. The zero-order chi connectivity index (χ0) is 15.6. The Morgan fingerprint density at radius 1 is 1.05 bits per heavy atom. The van der Waals surface area contributed by atoms with Gasteiger partial charge in [0.15, 0.2) is 6.04 Å². The van der Waals surface area contributed by atoms with Crippen LogP contribution in [0, 0.1) is 0 Å². The number of amides is 1. The highest BCUT2D eigenvalue weighted by atomic mass is 16.4. The van der Waals surface area contributed by atoms with E-state index in [1.807, 2.05) is 50.2 Å². The lowest BCUT2D eigenvalue weighted by molar-refractivity contribution is -0.151. The lowest BCUT2D eigenvalue weighted by Gasteiger charge is -2.32. The number of hydrogen-bond donors (Lipinski definition) is 1. The summed E-state index contributed by atoms with van der Waals surface area (Å²) >= 11 is 0. The van der Waals surface area contributed by atoms with Gasteiger partial charge in [-0.1, -0.05) is 42.5 Å². The number of carbonyl (C=O) groups is 2. The average Bonchev–Trinajstić information content (AvgIpc) is 2.43. The quantitative estimate of drug-likeness (QED) is 0.938. The van der Waals surface area contributed by atoms with Crippen molar-refractivity contribution in [3.8, 4) is 0 Å². The maximum Gasteiger partial charge on any atom is 0.331 e. The van der Waals surface area contributed by atoms with Gasteiger partial charge in [-0.3, -0.25) is 4.79 Å². The molecule has 0 aliphatic carbocycles. The number of nitrogens with zero attached hydrogens (tertiary/aromatic N) is 1. The molecule has 0 bridgehead atoms. The summed E-state index contributed by atoms with van der Waals surface area (Å²) in [6, 6.07) is 12.0. The van der Waals surface area contributed by atoms with Crippen LogP contribution in [0.1, 0.15) is 32.4 Å². The van der Waals surface area contributed by atoms with Gasteiger partial charge in [0, 0.05) is 13.0 Å². The predicted octanol–water partition coefficient (Wildman–Crippen LogP) is 3.22. The van der Waals surface area contributed by atoms with Crippen molar-refractivity contribution in [1.82, 2.24) is 4.90 Å². The highest BCUT2D eigenvalue weighted by molar-refractivity contribution is 5.92. The molecule has 0 fully saturated rings. The molecular formula is C17H19NO3. The van der Waals surface area contributed by atoms with Gasteiger partial charge in [0.25, 0.3) is 0 Å². The second-order valence-electron chi connectivity index (χ2n) is 5.33. The number of hydrogen-bond acceptors (Lipinski definition) is 2. The van der Waals surface area contributed by atoms with E-state index in [1.165, 1.54) is 11.8 Å². The summed E-state index contributed by atoms with van der Waals surface area (Å²) in [5.41, 5.74) is 0.643. The molecule has 1 amide bonds. The second kappa shape index (κ2) is 5.95. The third kappa shape index (κ3) is 2.89. The highest BCUT2D eigenvalue weighted by Gasteiger charge is 2.32. The molecule has 1 atom stereocenters. The normalized spacial score (nSPS) is 12.4. The molecule has 4 nitrogen and oxygen atoms in total. The monoisotopic (exact) mass is 285 g/mol. The molecule has 21 heavy (non-hydrogen) atoms. The van der Waals surface area contributed by atoms with E-state index in [1.54, 1.807) is 6.07 Å². The molecule has 1 unspecified atom stereocenters. The lowest BCUT2D eigenvalue weighted by atomic mass is 9.96. The van der Waals surface area contributed by atoms with Gasteiger partial charge in [-0.15, -0.1) is 0 Å². The van der Waals surface area contributed by atoms with E-state index in [0.717, 1.165) is 10.8 Å². The molecule has 0 aliphatic heterocycles. The Morgan fingerprint density at radius 2 is 1.67 bits per heavy atom. The number of fused-ring (bicyclic) bond motifs is 1. The highest BCUT2D eigenvalue weighted by Crippen LogP contribution is 2.30. The average molecular weight is 285 g/mol. The molecule has 2 rings (SSSR count). The Labute approximate surface area is 124 Å². The first-order valence-electron chi connectivity index (χ1n) is 6.93. The van der Waals surface area contributed by atoms with Crippen molar-refractivity contribution in [3.63, 3.8) is 0 Å². The van der Waals surface area contributed by atoms with Crippen molar-refractivity contribution in [2.24, 2.45) is 0 Å². The van der Waals surface area contributed by atoms with Crippen LogP contribution in [-0.4, -0.2) is 27.9 Å². The van der Waals surface area contributed by atoms with Crippen LogP contribution >= 0.6 is 0 Å². The third-order valence-electron chi connectivity index (χ3n) is 3.55. The van der Waals surface area contributed by atoms with Crippen LogP contribution in [0.2, 0.25) is 0 Å².